The zero-order chi connectivity index (χ0) is 4.83. The van der Waals surface area contributed by atoms with E-state index in [9.17, 15) is 0 Å². The molecule has 0 unspecified atom stereocenters. The van der Waals surface area contributed by atoms with Crippen molar-refractivity contribution in [2.24, 2.45) is 0 Å². The van der Waals surface area contributed by atoms with Crippen molar-refractivity contribution in [3.8, 4) is 0 Å². The molecule has 0 aromatic rings. The van der Waals surface area contributed by atoms with E-state index in [1.165, 1.54) is 11.5 Å². The van der Waals surface area contributed by atoms with Crippen molar-refractivity contribution in [1.29, 1.82) is 0 Å². The van der Waals surface area contributed by atoms with Gasteiger partial charge in [0.1, 0.15) is 0 Å². The van der Waals surface area contributed by atoms with Gasteiger partial charge in [0.25, 0.3) is 0 Å². The van der Waals surface area contributed by atoms with E-state index in [1.807, 2.05) is 11.8 Å². The van der Waals surface area contributed by atoms with Crippen LogP contribution in [0.25, 0.3) is 0 Å². The van der Waals surface area contributed by atoms with Gasteiger partial charge in [-0.2, -0.15) is 24.4 Å². The molecule has 0 radical (unpaired) electrons. The molecule has 0 spiro atoms. The van der Waals surface area contributed by atoms with Crippen LogP contribution in [0, 0.1) is 0 Å². The summed E-state index contributed by atoms with van der Waals surface area (Å²) in [6.07, 6.45) is 0. The first-order valence-corrected chi connectivity index (χ1v) is 3.89. The van der Waals surface area contributed by atoms with Crippen LogP contribution >= 0.6 is 24.4 Å². The molecule has 0 saturated carbocycles. The molecule has 3 heteroatoms. The average Bonchev–Trinajstić information content (AvgIpc) is 1.61. The second-order valence-corrected chi connectivity index (χ2v) is 2.76. The fourth-order valence-corrected chi connectivity index (χ4v) is 1.01. The number of rotatable bonds is 3. The van der Waals surface area contributed by atoms with E-state index >= 15 is 0 Å². The Labute approximate surface area is 77.5 Å². The molecule has 0 nitrogen and oxygen atoms in total. The Morgan fingerprint density at radius 3 is 2.29 bits per heavy atom. The molecule has 0 aliphatic rings. The Balaban J connectivity index is 0. The topological polar surface area (TPSA) is 0 Å². The van der Waals surface area contributed by atoms with Crippen molar-refractivity contribution >= 4 is 53.9 Å². The summed E-state index contributed by atoms with van der Waals surface area (Å²) in [6.45, 7) is 2.16. The number of thiol groups is 1. The summed E-state index contributed by atoms with van der Waals surface area (Å²) in [5, 5.41) is 0. The Bertz CT molecular complexity index is 21.7. The van der Waals surface area contributed by atoms with Gasteiger partial charge in [-0.05, 0) is 11.5 Å². The number of thioether (sulfide) groups is 1. The van der Waals surface area contributed by atoms with Gasteiger partial charge in [0, 0.05) is 5.75 Å². The maximum absolute atomic E-state index is 4.03. The van der Waals surface area contributed by atoms with Crippen molar-refractivity contribution in [2.75, 3.05) is 17.3 Å². The molecule has 0 rings (SSSR count). The predicted molar refractivity (Wildman–Crippen MR) is 44.0 cm³/mol. The summed E-state index contributed by atoms with van der Waals surface area (Å²) < 4.78 is 0. The molecule has 7 heavy (non-hydrogen) atoms. The molecule has 0 heterocycles. The van der Waals surface area contributed by atoms with Gasteiger partial charge in [0.05, 0.1) is 0 Å². The molecule has 0 saturated heterocycles. The van der Waals surface area contributed by atoms with Crippen molar-refractivity contribution in [3.05, 3.63) is 0 Å². The summed E-state index contributed by atoms with van der Waals surface area (Å²) in [6, 6.07) is 0. The minimum atomic E-state index is 0. The summed E-state index contributed by atoms with van der Waals surface area (Å²) >= 11 is 5.97. The van der Waals surface area contributed by atoms with Crippen LogP contribution in [0.2, 0.25) is 0 Å². The second-order valence-electron chi connectivity index (χ2n) is 0.921. The van der Waals surface area contributed by atoms with Crippen LogP contribution in [0.3, 0.4) is 0 Å². The van der Waals surface area contributed by atoms with Crippen LogP contribution in [0.5, 0.6) is 0 Å². The van der Waals surface area contributed by atoms with Crippen LogP contribution in [-0.4, -0.2) is 46.8 Å². The Hall–Kier alpha value is 1.70. The number of hydrogen-bond donors (Lipinski definition) is 1. The summed E-state index contributed by atoms with van der Waals surface area (Å²) in [5.74, 6) is 3.43. The van der Waals surface area contributed by atoms with E-state index in [2.05, 4.69) is 19.6 Å². The van der Waals surface area contributed by atoms with Gasteiger partial charge in [-0.1, -0.05) is 6.92 Å². The normalized spacial score (nSPS) is 7.71. The third-order valence-corrected chi connectivity index (χ3v) is 1.87. The fourth-order valence-electron chi connectivity index (χ4n) is 0.209. The van der Waals surface area contributed by atoms with Gasteiger partial charge in [0.2, 0.25) is 0 Å². The summed E-state index contributed by atoms with van der Waals surface area (Å²) in [4.78, 5) is 0. The van der Waals surface area contributed by atoms with Crippen molar-refractivity contribution < 1.29 is 0 Å². The molecular formula is C4H11NaS2. The Kier molecular flexibility index (Phi) is 17.5. The standard InChI is InChI=1S/C4H10S2.Na.H/c1-2-6-4-3-5;;/h5H,2-4H2,1H3;;. The molecule has 0 atom stereocenters. The first-order valence-electron chi connectivity index (χ1n) is 2.10. The first kappa shape index (κ1) is 11.5. The molecule has 0 N–H and O–H groups in total. The minimum absolute atomic E-state index is 0. The molecular weight excluding hydrogens is 135 g/mol. The van der Waals surface area contributed by atoms with Crippen LogP contribution in [-0.2, 0) is 0 Å². The average molecular weight is 146 g/mol. The van der Waals surface area contributed by atoms with Crippen LogP contribution in [0.1, 0.15) is 6.92 Å². The van der Waals surface area contributed by atoms with E-state index in [1.54, 1.807) is 0 Å². The maximum atomic E-state index is 4.03. The molecule has 40 valence electrons. The van der Waals surface area contributed by atoms with Crippen LogP contribution in [0.4, 0.5) is 0 Å². The van der Waals surface area contributed by atoms with Crippen LogP contribution < -0.4 is 0 Å². The molecule has 0 aliphatic carbocycles. The van der Waals surface area contributed by atoms with E-state index in [4.69, 9.17) is 0 Å². The SMILES string of the molecule is CCSCCS.[NaH]. The molecule has 0 aromatic carbocycles. The zero-order valence-electron chi connectivity index (χ0n) is 3.98. The third-order valence-electron chi connectivity index (χ3n) is 0.440. The Morgan fingerprint density at radius 2 is 2.14 bits per heavy atom. The first-order chi connectivity index (χ1) is 2.91. The zero-order valence-corrected chi connectivity index (χ0v) is 5.69. The Morgan fingerprint density at radius 1 is 1.57 bits per heavy atom. The molecule has 0 aliphatic heterocycles. The van der Waals surface area contributed by atoms with E-state index < -0.39 is 0 Å². The molecule has 0 bridgehead atoms. The fraction of sp³-hybridized carbons (Fsp3) is 1.00. The number of hydrogen-bond acceptors (Lipinski definition) is 2. The van der Waals surface area contributed by atoms with E-state index in [0.717, 1.165) is 5.75 Å². The second kappa shape index (κ2) is 10.6. The summed E-state index contributed by atoms with van der Waals surface area (Å²) in [5.41, 5.74) is 0. The van der Waals surface area contributed by atoms with Crippen LogP contribution in [0.15, 0.2) is 0 Å². The summed E-state index contributed by atoms with van der Waals surface area (Å²) in [7, 11) is 0. The van der Waals surface area contributed by atoms with Crippen molar-refractivity contribution in [1.82, 2.24) is 0 Å². The van der Waals surface area contributed by atoms with Gasteiger partial charge < -0.3 is 0 Å². The van der Waals surface area contributed by atoms with Gasteiger partial charge in [0.15, 0.2) is 0 Å². The monoisotopic (exact) mass is 146 g/mol. The van der Waals surface area contributed by atoms with Gasteiger partial charge in [-0.25, -0.2) is 0 Å². The predicted octanol–water partition coefficient (Wildman–Crippen LogP) is 1.02. The molecule has 0 aromatic heterocycles. The van der Waals surface area contributed by atoms with Gasteiger partial charge in [-0.15, -0.1) is 0 Å². The molecule has 0 fully saturated rings. The quantitative estimate of drug-likeness (QED) is 0.352. The van der Waals surface area contributed by atoms with E-state index in [-0.39, 0.29) is 29.6 Å². The van der Waals surface area contributed by atoms with Crippen molar-refractivity contribution in [3.63, 3.8) is 0 Å². The van der Waals surface area contributed by atoms with Gasteiger partial charge in [-0.3, -0.25) is 0 Å². The van der Waals surface area contributed by atoms with Crippen molar-refractivity contribution in [2.45, 2.75) is 6.92 Å². The molecule has 0 amide bonds. The van der Waals surface area contributed by atoms with E-state index in [0.29, 0.717) is 0 Å². The van der Waals surface area contributed by atoms with Gasteiger partial charge >= 0.3 is 29.6 Å². The third kappa shape index (κ3) is 11.3.